The number of sulfonamides is 1. The maximum Gasteiger partial charge on any atom is 0.244 e. The van der Waals surface area contributed by atoms with E-state index in [1.54, 1.807) is 43.3 Å². The molecule has 2 aromatic carbocycles. The highest BCUT2D eigenvalue weighted by molar-refractivity contribution is 7.92. The van der Waals surface area contributed by atoms with Crippen LogP contribution in [0.4, 0.5) is 5.69 Å². The molecule has 0 unspecified atom stereocenters. The molecule has 2 amide bonds. The smallest absolute Gasteiger partial charge is 0.244 e. The topological polar surface area (TPSA) is 105 Å². The molecule has 0 heterocycles. The van der Waals surface area contributed by atoms with E-state index in [1.807, 2.05) is 0 Å². The zero-order valence-electron chi connectivity index (χ0n) is 19.2. The minimum Gasteiger partial charge on any atom is -0.497 e. The fourth-order valence-corrected chi connectivity index (χ4v) is 4.27. The lowest BCUT2D eigenvalue weighted by molar-refractivity contribution is -0.139. The van der Waals surface area contributed by atoms with Gasteiger partial charge in [0.1, 0.15) is 24.1 Å². The van der Waals surface area contributed by atoms with Gasteiger partial charge in [0.05, 0.1) is 26.2 Å². The lowest BCUT2D eigenvalue weighted by atomic mass is 10.1. The van der Waals surface area contributed by atoms with Crippen LogP contribution in [0.3, 0.4) is 0 Å². The summed E-state index contributed by atoms with van der Waals surface area (Å²) < 4.78 is 36.8. The number of nitrogens with zero attached hydrogens (tertiary/aromatic N) is 2. The van der Waals surface area contributed by atoms with Crippen molar-refractivity contribution in [2.24, 2.45) is 0 Å². The maximum absolute atomic E-state index is 13.4. The Labute approximate surface area is 199 Å². The Bertz CT molecular complexity index is 1110. The first-order valence-corrected chi connectivity index (χ1v) is 12.2. The molecule has 11 heteroatoms. The highest BCUT2D eigenvalue weighted by Crippen LogP contribution is 2.34. The lowest BCUT2D eigenvalue weighted by Gasteiger charge is -2.31. The molecule has 0 bridgehead atoms. The van der Waals surface area contributed by atoms with Gasteiger partial charge in [-0.1, -0.05) is 23.7 Å². The SMILES string of the molecule is CNC(=O)[C@@H](C)N(Cc1cccc(Cl)c1)C(=O)CN(c1cc(OC)ccc1OC)S(C)(=O)=O. The van der Waals surface area contributed by atoms with Crippen molar-refractivity contribution in [3.8, 4) is 11.5 Å². The van der Waals surface area contributed by atoms with E-state index in [4.69, 9.17) is 21.1 Å². The first-order valence-electron chi connectivity index (χ1n) is 9.97. The van der Waals surface area contributed by atoms with Gasteiger partial charge in [0.2, 0.25) is 21.8 Å². The number of carbonyl (C=O) groups excluding carboxylic acids is 2. The number of hydrogen-bond acceptors (Lipinski definition) is 6. The number of carbonyl (C=O) groups is 2. The van der Waals surface area contributed by atoms with Crippen LogP contribution in [-0.2, 0) is 26.2 Å². The summed E-state index contributed by atoms with van der Waals surface area (Å²) in [5, 5.41) is 3.00. The van der Waals surface area contributed by atoms with Crippen molar-refractivity contribution in [1.29, 1.82) is 0 Å². The molecule has 0 spiro atoms. The molecule has 0 aliphatic carbocycles. The molecule has 0 fully saturated rings. The zero-order valence-corrected chi connectivity index (χ0v) is 20.7. The number of likely N-dealkylation sites (N-methyl/N-ethyl adjacent to an activating group) is 1. The summed E-state index contributed by atoms with van der Waals surface area (Å²) in [6.45, 7) is 1.07. The Morgan fingerprint density at radius 3 is 2.36 bits per heavy atom. The van der Waals surface area contributed by atoms with E-state index in [0.29, 0.717) is 16.3 Å². The molecular formula is C22H28ClN3O6S. The number of hydrogen-bond donors (Lipinski definition) is 1. The predicted octanol–water partition coefficient (Wildman–Crippen LogP) is 2.29. The van der Waals surface area contributed by atoms with Crippen LogP contribution < -0.4 is 19.1 Å². The fraction of sp³-hybridized carbons (Fsp3) is 0.364. The van der Waals surface area contributed by atoms with Gasteiger partial charge in [-0.15, -0.1) is 0 Å². The summed E-state index contributed by atoms with van der Waals surface area (Å²) >= 11 is 6.07. The molecule has 33 heavy (non-hydrogen) atoms. The molecule has 0 saturated carbocycles. The summed E-state index contributed by atoms with van der Waals surface area (Å²) in [5.74, 6) is -0.340. The molecule has 2 rings (SSSR count). The molecule has 0 aliphatic rings. The molecule has 1 atom stereocenters. The monoisotopic (exact) mass is 497 g/mol. The van der Waals surface area contributed by atoms with Crippen LogP contribution in [0.5, 0.6) is 11.5 Å². The van der Waals surface area contributed by atoms with Crippen molar-refractivity contribution >= 4 is 39.1 Å². The van der Waals surface area contributed by atoms with Gasteiger partial charge in [-0.2, -0.15) is 0 Å². The van der Waals surface area contributed by atoms with E-state index < -0.39 is 34.4 Å². The number of rotatable bonds is 10. The van der Waals surface area contributed by atoms with E-state index in [2.05, 4.69) is 5.32 Å². The first kappa shape index (κ1) is 26.3. The van der Waals surface area contributed by atoms with Gasteiger partial charge in [-0.25, -0.2) is 8.42 Å². The van der Waals surface area contributed by atoms with Crippen molar-refractivity contribution in [2.45, 2.75) is 19.5 Å². The van der Waals surface area contributed by atoms with E-state index >= 15 is 0 Å². The second-order valence-corrected chi connectivity index (χ2v) is 9.59. The minimum atomic E-state index is -3.91. The average molecular weight is 498 g/mol. The largest absolute Gasteiger partial charge is 0.497 e. The molecule has 0 aliphatic heterocycles. The number of methoxy groups -OCH3 is 2. The van der Waals surface area contributed by atoms with Crippen molar-refractivity contribution in [3.05, 3.63) is 53.1 Å². The van der Waals surface area contributed by atoms with Crippen LogP contribution >= 0.6 is 11.6 Å². The van der Waals surface area contributed by atoms with Gasteiger partial charge in [-0.3, -0.25) is 13.9 Å². The maximum atomic E-state index is 13.4. The summed E-state index contributed by atoms with van der Waals surface area (Å²) in [6.07, 6.45) is 0.989. The number of benzene rings is 2. The molecule has 0 aromatic heterocycles. The number of nitrogens with one attached hydrogen (secondary N) is 1. The van der Waals surface area contributed by atoms with Crippen LogP contribution in [0.25, 0.3) is 0 Å². The number of halogens is 1. The Morgan fingerprint density at radius 2 is 1.82 bits per heavy atom. The fourth-order valence-electron chi connectivity index (χ4n) is 3.21. The van der Waals surface area contributed by atoms with Crippen LogP contribution in [0.2, 0.25) is 5.02 Å². The first-order chi connectivity index (χ1) is 15.5. The molecule has 0 radical (unpaired) electrons. The van der Waals surface area contributed by atoms with Crippen molar-refractivity contribution in [2.75, 3.05) is 38.4 Å². The van der Waals surface area contributed by atoms with E-state index in [0.717, 1.165) is 10.6 Å². The summed E-state index contributed by atoms with van der Waals surface area (Å²) in [7, 11) is 0.396. The summed E-state index contributed by atoms with van der Waals surface area (Å²) in [5.41, 5.74) is 0.833. The van der Waals surface area contributed by atoms with Gasteiger partial charge < -0.3 is 19.7 Å². The van der Waals surface area contributed by atoms with Gasteiger partial charge in [0.15, 0.2) is 0 Å². The molecule has 0 saturated heterocycles. The molecule has 180 valence electrons. The Morgan fingerprint density at radius 1 is 1.12 bits per heavy atom. The van der Waals surface area contributed by atoms with Crippen LogP contribution in [0, 0.1) is 0 Å². The molecule has 9 nitrogen and oxygen atoms in total. The van der Waals surface area contributed by atoms with Gasteiger partial charge in [0.25, 0.3) is 0 Å². The third-order valence-corrected chi connectivity index (χ3v) is 6.35. The van der Waals surface area contributed by atoms with Crippen molar-refractivity contribution < 1.29 is 27.5 Å². The highest BCUT2D eigenvalue weighted by atomic mass is 35.5. The Kier molecular flexibility index (Phi) is 8.95. The summed E-state index contributed by atoms with van der Waals surface area (Å²) in [6, 6.07) is 10.6. The van der Waals surface area contributed by atoms with Crippen LogP contribution in [0.15, 0.2) is 42.5 Å². The Balaban J connectivity index is 2.48. The third-order valence-electron chi connectivity index (χ3n) is 4.99. The number of amides is 2. The zero-order chi connectivity index (χ0) is 24.8. The Hall–Kier alpha value is -2.98. The second kappa shape index (κ2) is 11.2. The van der Waals surface area contributed by atoms with E-state index in [-0.39, 0.29) is 18.0 Å². The quantitative estimate of drug-likeness (QED) is 0.540. The van der Waals surface area contributed by atoms with Gasteiger partial charge in [0, 0.05) is 24.7 Å². The van der Waals surface area contributed by atoms with Crippen molar-refractivity contribution in [3.63, 3.8) is 0 Å². The lowest BCUT2D eigenvalue weighted by Crippen LogP contribution is -2.50. The normalized spacial score (nSPS) is 11.9. The van der Waals surface area contributed by atoms with Crippen LogP contribution in [0.1, 0.15) is 12.5 Å². The standard InChI is InChI=1S/C22H28ClN3O6S/c1-15(22(28)24-2)25(13-16-7-6-8-17(23)11-16)21(27)14-26(33(5,29)30)19-12-18(31-3)9-10-20(19)32-4/h6-12,15H,13-14H2,1-5H3,(H,24,28)/t15-/m1/s1. The molecular weight excluding hydrogens is 470 g/mol. The number of ether oxygens (including phenoxy) is 2. The van der Waals surface area contributed by atoms with Gasteiger partial charge >= 0.3 is 0 Å². The predicted molar refractivity (Wildman–Crippen MR) is 127 cm³/mol. The van der Waals surface area contributed by atoms with E-state index in [9.17, 15) is 18.0 Å². The third kappa shape index (κ3) is 6.75. The highest BCUT2D eigenvalue weighted by Gasteiger charge is 2.31. The average Bonchev–Trinajstić information content (AvgIpc) is 2.78. The summed E-state index contributed by atoms with van der Waals surface area (Å²) in [4.78, 5) is 27.1. The number of anilines is 1. The minimum absolute atomic E-state index is 0.0564. The van der Waals surface area contributed by atoms with E-state index in [1.165, 1.54) is 32.2 Å². The van der Waals surface area contributed by atoms with Crippen LogP contribution in [-0.4, -0.2) is 65.2 Å². The molecule has 2 aromatic rings. The second-order valence-electron chi connectivity index (χ2n) is 7.25. The van der Waals surface area contributed by atoms with Crippen molar-refractivity contribution in [1.82, 2.24) is 10.2 Å². The molecule has 1 N–H and O–H groups in total. The van der Waals surface area contributed by atoms with Gasteiger partial charge in [-0.05, 0) is 36.8 Å².